The molecule has 0 aromatic heterocycles. The molecule has 0 amide bonds. The number of aliphatic hydroxyl groups excluding tert-OH is 1. The van der Waals surface area contributed by atoms with Crippen molar-refractivity contribution in [1.29, 1.82) is 0 Å². The third-order valence-corrected chi connectivity index (χ3v) is 3.83. The zero-order chi connectivity index (χ0) is 15.9. The van der Waals surface area contributed by atoms with Crippen LogP contribution in [0, 0.1) is 0 Å². The molecule has 2 aromatic carbocycles. The van der Waals surface area contributed by atoms with E-state index in [2.05, 4.69) is 0 Å². The predicted octanol–water partition coefficient (Wildman–Crippen LogP) is 1.38. The average Bonchev–Trinajstić information content (AvgIpc) is 2.51. The molecule has 0 saturated carbocycles. The number of phenolic OH excluding ortho intramolecular Hbond substituents is 2. The summed E-state index contributed by atoms with van der Waals surface area (Å²) in [6.45, 7) is 0. The van der Waals surface area contributed by atoms with Gasteiger partial charge in [0.05, 0.1) is 5.56 Å². The molecule has 0 saturated heterocycles. The van der Waals surface area contributed by atoms with Crippen LogP contribution in [0.2, 0.25) is 0 Å². The summed E-state index contributed by atoms with van der Waals surface area (Å²) in [5.74, 6) is -1.70. The first-order chi connectivity index (χ1) is 10.5. The van der Waals surface area contributed by atoms with Gasteiger partial charge in [0.2, 0.25) is 5.79 Å². The van der Waals surface area contributed by atoms with E-state index in [1.165, 1.54) is 37.4 Å². The molecule has 0 unspecified atom stereocenters. The zero-order valence-electron chi connectivity index (χ0n) is 11.8. The number of fused-ring (bicyclic) bond motifs is 1. The third kappa shape index (κ3) is 2.18. The SMILES string of the molecule is CO[C@@]1(O)c2ccc(O)cc2O[C@@H](c2ccc(O)cc2)[C@H]1O. The van der Waals surface area contributed by atoms with E-state index in [1.807, 2.05) is 0 Å². The molecule has 2 aromatic rings. The Morgan fingerprint density at radius 2 is 1.68 bits per heavy atom. The summed E-state index contributed by atoms with van der Waals surface area (Å²) < 4.78 is 10.8. The van der Waals surface area contributed by atoms with Gasteiger partial charge in [0, 0.05) is 13.2 Å². The van der Waals surface area contributed by atoms with Gasteiger partial charge in [-0.1, -0.05) is 12.1 Å². The molecule has 0 spiro atoms. The summed E-state index contributed by atoms with van der Waals surface area (Å²) in [5.41, 5.74) is 0.782. The van der Waals surface area contributed by atoms with Crippen LogP contribution in [0.4, 0.5) is 0 Å². The van der Waals surface area contributed by atoms with Gasteiger partial charge in [-0.25, -0.2) is 0 Å². The lowest BCUT2D eigenvalue weighted by atomic mass is 9.89. The summed E-state index contributed by atoms with van der Waals surface area (Å²) in [4.78, 5) is 0. The van der Waals surface area contributed by atoms with Gasteiger partial charge < -0.3 is 29.9 Å². The van der Waals surface area contributed by atoms with Gasteiger partial charge in [0.1, 0.15) is 17.2 Å². The molecule has 6 heteroatoms. The Morgan fingerprint density at radius 1 is 1.05 bits per heavy atom. The Morgan fingerprint density at radius 3 is 2.32 bits per heavy atom. The maximum absolute atomic E-state index is 10.7. The Bertz CT molecular complexity index is 684. The van der Waals surface area contributed by atoms with Gasteiger partial charge in [-0.3, -0.25) is 0 Å². The van der Waals surface area contributed by atoms with E-state index in [4.69, 9.17) is 9.47 Å². The molecule has 1 aliphatic rings. The van der Waals surface area contributed by atoms with Crippen molar-refractivity contribution in [2.75, 3.05) is 7.11 Å². The minimum absolute atomic E-state index is 0.0296. The van der Waals surface area contributed by atoms with Gasteiger partial charge in [-0.05, 0) is 29.8 Å². The Kier molecular flexibility index (Phi) is 3.44. The van der Waals surface area contributed by atoms with Crippen LogP contribution in [-0.2, 0) is 10.5 Å². The van der Waals surface area contributed by atoms with Crippen molar-refractivity contribution in [3.05, 3.63) is 53.6 Å². The van der Waals surface area contributed by atoms with E-state index in [1.54, 1.807) is 12.1 Å². The van der Waals surface area contributed by atoms with Crippen molar-refractivity contribution < 1.29 is 29.9 Å². The summed E-state index contributed by atoms with van der Waals surface area (Å²) in [5, 5.41) is 40.1. The van der Waals surface area contributed by atoms with Crippen LogP contribution in [0.3, 0.4) is 0 Å². The molecule has 3 rings (SSSR count). The van der Waals surface area contributed by atoms with E-state index in [0.717, 1.165) is 0 Å². The quantitative estimate of drug-likeness (QED) is 0.626. The number of aliphatic hydroxyl groups is 2. The van der Waals surface area contributed by atoms with E-state index in [0.29, 0.717) is 5.56 Å². The Balaban J connectivity index is 2.10. The molecule has 116 valence electrons. The van der Waals surface area contributed by atoms with Crippen molar-refractivity contribution in [2.45, 2.75) is 18.0 Å². The summed E-state index contributed by atoms with van der Waals surface area (Å²) in [6.07, 6.45) is -2.31. The van der Waals surface area contributed by atoms with E-state index >= 15 is 0 Å². The van der Waals surface area contributed by atoms with Crippen LogP contribution < -0.4 is 4.74 Å². The lowest BCUT2D eigenvalue weighted by molar-refractivity contribution is -0.280. The number of benzene rings is 2. The van der Waals surface area contributed by atoms with Crippen molar-refractivity contribution in [3.8, 4) is 17.2 Å². The van der Waals surface area contributed by atoms with Crippen LogP contribution in [-0.4, -0.2) is 33.6 Å². The molecule has 1 aliphatic heterocycles. The zero-order valence-corrected chi connectivity index (χ0v) is 11.8. The molecule has 3 atom stereocenters. The summed E-state index contributed by atoms with van der Waals surface area (Å²) in [6, 6.07) is 10.2. The Labute approximate surface area is 126 Å². The van der Waals surface area contributed by atoms with Gasteiger partial charge in [0.25, 0.3) is 0 Å². The number of rotatable bonds is 2. The van der Waals surface area contributed by atoms with E-state index < -0.39 is 18.0 Å². The largest absolute Gasteiger partial charge is 0.508 e. The third-order valence-electron chi connectivity index (χ3n) is 3.83. The second-order valence-electron chi connectivity index (χ2n) is 5.16. The molecular formula is C16H16O6. The van der Waals surface area contributed by atoms with E-state index in [-0.39, 0.29) is 22.8 Å². The maximum Gasteiger partial charge on any atom is 0.226 e. The second-order valence-corrected chi connectivity index (χ2v) is 5.16. The number of hydrogen-bond acceptors (Lipinski definition) is 6. The van der Waals surface area contributed by atoms with Crippen LogP contribution >= 0.6 is 0 Å². The highest BCUT2D eigenvalue weighted by molar-refractivity contribution is 5.46. The average molecular weight is 304 g/mol. The number of ether oxygens (including phenoxy) is 2. The number of aromatic hydroxyl groups is 2. The normalized spacial score (nSPS) is 27.0. The first-order valence-electron chi connectivity index (χ1n) is 6.70. The van der Waals surface area contributed by atoms with Crippen molar-refractivity contribution >= 4 is 0 Å². The summed E-state index contributed by atoms with van der Waals surface area (Å²) in [7, 11) is 1.28. The smallest absolute Gasteiger partial charge is 0.226 e. The number of hydrogen-bond donors (Lipinski definition) is 4. The molecular weight excluding hydrogens is 288 g/mol. The van der Waals surface area contributed by atoms with Crippen molar-refractivity contribution in [2.24, 2.45) is 0 Å². The van der Waals surface area contributed by atoms with Crippen LogP contribution in [0.25, 0.3) is 0 Å². The van der Waals surface area contributed by atoms with Crippen LogP contribution in [0.15, 0.2) is 42.5 Å². The highest BCUT2D eigenvalue weighted by atomic mass is 16.6. The fourth-order valence-corrected chi connectivity index (χ4v) is 2.62. The van der Waals surface area contributed by atoms with Gasteiger partial charge in [-0.15, -0.1) is 0 Å². The highest BCUT2D eigenvalue weighted by Gasteiger charge is 2.50. The van der Waals surface area contributed by atoms with E-state index in [9.17, 15) is 20.4 Å². The molecule has 0 bridgehead atoms. The first-order valence-corrected chi connectivity index (χ1v) is 6.70. The molecule has 0 fully saturated rings. The lowest BCUT2D eigenvalue weighted by Gasteiger charge is -2.41. The number of methoxy groups -OCH3 is 1. The minimum Gasteiger partial charge on any atom is -0.508 e. The lowest BCUT2D eigenvalue weighted by Crippen LogP contribution is -2.49. The fourth-order valence-electron chi connectivity index (χ4n) is 2.62. The topological polar surface area (TPSA) is 99.4 Å². The standard InChI is InChI=1S/C16H16O6/c1-21-16(20)12-7-6-11(18)8-13(12)22-14(15(16)19)9-2-4-10(17)5-3-9/h2-8,14-15,17-20H,1H3/t14-,15+,16-/m0/s1. The van der Waals surface area contributed by atoms with Crippen molar-refractivity contribution in [1.82, 2.24) is 0 Å². The second kappa shape index (κ2) is 5.17. The van der Waals surface area contributed by atoms with Crippen molar-refractivity contribution in [3.63, 3.8) is 0 Å². The minimum atomic E-state index is -1.97. The van der Waals surface area contributed by atoms with Crippen LogP contribution in [0.1, 0.15) is 17.2 Å². The molecule has 22 heavy (non-hydrogen) atoms. The maximum atomic E-state index is 10.7. The Hall–Kier alpha value is -2.28. The van der Waals surface area contributed by atoms with Gasteiger partial charge >= 0.3 is 0 Å². The van der Waals surface area contributed by atoms with Crippen LogP contribution in [0.5, 0.6) is 17.2 Å². The number of phenols is 2. The monoisotopic (exact) mass is 304 g/mol. The van der Waals surface area contributed by atoms with Gasteiger partial charge in [-0.2, -0.15) is 0 Å². The molecule has 6 nitrogen and oxygen atoms in total. The first kappa shape index (κ1) is 14.6. The summed E-state index contributed by atoms with van der Waals surface area (Å²) >= 11 is 0. The molecule has 0 radical (unpaired) electrons. The molecule has 1 heterocycles. The highest BCUT2D eigenvalue weighted by Crippen LogP contribution is 2.46. The van der Waals surface area contributed by atoms with Gasteiger partial charge in [0.15, 0.2) is 12.2 Å². The fraction of sp³-hybridized carbons (Fsp3) is 0.250. The molecule has 4 N–H and O–H groups in total. The molecule has 0 aliphatic carbocycles. The predicted molar refractivity (Wildman–Crippen MR) is 76.5 cm³/mol.